The van der Waals surface area contributed by atoms with Crippen LogP contribution in [0.5, 0.6) is 0 Å². The first kappa shape index (κ1) is 17.7. The quantitative estimate of drug-likeness (QED) is 0.394. The van der Waals surface area contributed by atoms with E-state index in [0.29, 0.717) is 37.2 Å². The molecule has 0 aliphatic carbocycles. The molecule has 0 unspecified atom stereocenters. The fourth-order valence-corrected chi connectivity index (χ4v) is 2.22. The summed E-state index contributed by atoms with van der Waals surface area (Å²) in [6, 6.07) is 7.52. The molecule has 0 atom stereocenters. The Balaban J connectivity index is 2.52. The van der Waals surface area contributed by atoms with Crippen molar-refractivity contribution in [3.05, 3.63) is 34.9 Å². The minimum absolute atomic E-state index is 0.301. The van der Waals surface area contributed by atoms with Crippen LogP contribution in [-0.4, -0.2) is 40.3 Å². The van der Waals surface area contributed by atoms with Crippen molar-refractivity contribution in [3.8, 4) is 0 Å². The fourth-order valence-electron chi connectivity index (χ4n) is 1.55. The lowest BCUT2D eigenvalue weighted by Gasteiger charge is -2.11. The molecule has 0 aromatic heterocycles. The molecule has 118 valence electrons. The van der Waals surface area contributed by atoms with Crippen LogP contribution in [0, 0.1) is 0 Å². The van der Waals surface area contributed by atoms with Crippen molar-refractivity contribution in [1.29, 1.82) is 0 Å². The molecule has 0 spiro atoms. The monoisotopic (exact) mass is 332 g/mol. The van der Waals surface area contributed by atoms with Crippen LogP contribution in [0.2, 0.25) is 5.02 Å². The number of hydrogen-bond acceptors (Lipinski definition) is 3. The molecule has 6 nitrogen and oxygen atoms in total. The van der Waals surface area contributed by atoms with E-state index < -0.39 is 10.0 Å². The molecule has 0 saturated heterocycles. The lowest BCUT2D eigenvalue weighted by Crippen LogP contribution is -2.41. The van der Waals surface area contributed by atoms with E-state index in [1.165, 1.54) is 0 Å². The van der Waals surface area contributed by atoms with Crippen molar-refractivity contribution >= 4 is 27.6 Å². The zero-order valence-corrected chi connectivity index (χ0v) is 13.8. The van der Waals surface area contributed by atoms with Crippen LogP contribution in [0.3, 0.4) is 0 Å². The average Bonchev–Trinajstić information content (AvgIpc) is 2.41. The molecule has 0 fully saturated rings. The Labute approximate surface area is 131 Å². The summed E-state index contributed by atoms with van der Waals surface area (Å²) in [5.41, 5.74) is 0.936. The summed E-state index contributed by atoms with van der Waals surface area (Å²) in [4.78, 5) is 4.41. The van der Waals surface area contributed by atoms with Gasteiger partial charge in [-0.1, -0.05) is 29.8 Å². The van der Waals surface area contributed by atoms with Crippen molar-refractivity contribution in [3.63, 3.8) is 0 Å². The van der Waals surface area contributed by atoms with Gasteiger partial charge in [-0.25, -0.2) is 18.1 Å². The van der Waals surface area contributed by atoms with Gasteiger partial charge in [0.2, 0.25) is 10.0 Å². The maximum Gasteiger partial charge on any atom is 0.208 e. The number of sulfonamides is 1. The summed E-state index contributed by atoms with van der Waals surface area (Å²) in [5, 5.41) is 6.82. The summed E-state index contributed by atoms with van der Waals surface area (Å²) in [5.74, 6) is 0.618. The molecule has 1 aromatic rings. The van der Waals surface area contributed by atoms with Gasteiger partial charge in [-0.15, -0.1) is 0 Å². The van der Waals surface area contributed by atoms with Crippen LogP contribution in [0.25, 0.3) is 0 Å². The van der Waals surface area contributed by atoms with Crippen molar-refractivity contribution in [2.45, 2.75) is 13.5 Å². The third-order valence-corrected chi connectivity index (χ3v) is 3.59. The zero-order chi connectivity index (χ0) is 15.7. The van der Waals surface area contributed by atoms with Crippen molar-refractivity contribution < 1.29 is 8.42 Å². The van der Waals surface area contributed by atoms with E-state index in [2.05, 4.69) is 20.3 Å². The Kier molecular flexibility index (Phi) is 7.49. The molecule has 0 radical (unpaired) electrons. The second-order valence-corrected chi connectivity index (χ2v) is 6.62. The van der Waals surface area contributed by atoms with Gasteiger partial charge in [0.15, 0.2) is 5.96 Å². The lowest BCUT2D eigenvalue weighted by atomic mass is 10.2. The van der Waals surface area contributed by atoms with E-state index in [0.717, 1.165) is 11.8 Å². The van der Waals surface area contributed by atoms with Crippen LogP contribution in [0.1, 0.15) is 12.5 Å². The molecule has 1 rings (SSSR count). The van der Waals surface area contributed by atoms with Crippen LogP contribution in [0.15, 0.2) is 29.3 Å². The second kappa shape index (κ2) is 8.86. The van der Waals surface area contributed by atoms with Gasteiger partial charge in [0, 0.05) is 24.7 Å². The molecule has 0 amide bonds. The van der Waals surface area contributed by atoms with E-state index in [1.807, 2.05) is 31.2 Å². The van der Waals surface area contributed by atoms with Crippen molar-refractivity contribution in [1.82, 2.24) is 15.4 Å². The van der Waals surface area contributed by atoms with Crippen molar-refractivity contribution in [2.24, 2.45) is 4.99 Å². The normalized spacial score (nSPS) is 12.2. The zero-order valence-electron chi connectivity index (χ0n) is 12.2. The van der Waals surface area contributed by atoms with Gasteiger partial charge in [-0.05, 0) is 18.6 Å². The number of nitrogens with one attached hydrogen (secondary N) is 3. The largest absolute Gasteiger partial charge is 0.357 e. The average molecular weight is 333 g/mol. The molecule has 0 aliphatic rings. The molecule has 3 N–H and O–H groups in total. The molecule has 8 heteroatoms. The van der Waals surface area contributed by atoms with E-state index in [1.54, 1.807) is 0 Å². The standard InChI is InChI=1S/C13H21ClN4O2S/c1-3-15-13(16-8-9-18-21(2,19)20)17-10-11-6-4-5-7-12(11)14/h4-7,18H,3,8-10H2,1-2H3,(H2,15,16,17). The summed E-state index contributed by atoms with van der Waals surface area (Å²) in [7, 11) is -3.16. The van der Waals surface area contributed by atoms with Crippen LogP contribution < -0.4 is 15.4 Å². The SMILES string of the molecule is CCNC(=NCc1ccccc1Cl)NCCNS(C)(=O)=O. The Hall–Kier alpha value is -1.31. The van der Waals surface area contributed by atoms with Crippen LogP contribution in [0.4, 0.5) is 0 Å². The van der Waals surface area contributed by atoms with E-state index >= 15 is 0 Å². The predicted molar refractivity (Wildman–Crippen MR) is 87.1 cm³/mol. The number of benzene rings is 1. The van der Waals surface area contributed by atoms with E-state index in [4.69, 9.17) is 11.6 Å². The second-order valence-electron chi connectivity index (χ2n) is 4.38. The number of rotatable bonds is 7. The molecule has 21 heavy (non-hydrogen) atoms. The minimum Gasteiger partial charge on any atom is -0.357 e. The highest BCUT2D eigenvalue weighted by molar-refractivity contribution is 7.88. The van der Waals surface area contributed by atoms with Gasteiger partial charge in [0.05, 0.1) is 12.8 Å². The third kappa shape index (κ3) is 7.89. The van der Waals surface area contributed by atoms with Gasteiger partial charge in [-0.3, -0.25) is 0 Å². The van der Waals surface area contributed by atoms with Gasteiger partial charge >= 0.3 is 0 Å². The number of guanidine groups is 1. The maximum absolute atomic E-state index is 11.0. The smallest absolute Gasteiger partial charge is 0.208 e. The number of nitrogens with zero attached hydrogens (tertiary/aromatic N) is 1. The van der Waals surface area contributed by atoms with Gasteiger partial charge in [0.25, 0.3) is 0 Å². The summed E-state index contributed by atoms with van der Waals surface area (Å²) >= 11 is 6.07. The third-order valence-electron chi connectivity index (χ3n) is 2.49. The molecular formula is C13H21ClN4O2S. The van der Waals surface area contributed by atoms with Gasteiger partial charge in [-0.2, -0.15) is 0 Å². The molecule has 0 bridgehead atoms. The molecule has 0 saturated carbocycles. The molecular weight excluding hydrogens is 312 g/mol. The first-order valence-corrected chi connectivity index (χ1v) is 8.89. The summed E-state index contributed by atoms with van der Waals surface area (Å²) < 4.78 is 24.3. The maximum atomic E-state index is 11.0. The number of aliphatic imine (C=N–C) groups is 1. The highest BCUT2D eigenvalue weighted by Crippen LogP contribution is 2.15. The Morgan fingerprint density at radius 3 is 2.57 bits per heavy atom. The highest BCUT2D eigenvalue weighted by Gasteiger charge is 2.02. The Bertz CT molecular complexity index is 575. The summed E-state index contributed by atoms with van der Waals surface area (Å²) in [6.45, 7) is 3.88. The van der Waals surface area contributed by atoms with E-state index in [-0.39, 0.29) is 0 Å². The Morgan fingerprint density at radius 1 is 1.24 bits per heavy atom. The topological polar surface area (TPSA) is 82.6 Å². The first-order valence-electron chi connectivity index (χ1n) is 6.62. The Morgan fingerprint density at radius 2 is 1.95 bits per heavy atom. The van der Waals surface area contributed by atoms with Crippen LogP contribution in [-0.2, 0) is 16.6 Å². The lowest BCUT2D eigenvalue weighted by molar-refractivity contribution is 0.586. The number of halogens is 1. The van der Waals surface area contributed by atoms with Crippen molar-refractivity contribution in [2.75, 3.05) is 25.9 Å². The van der Waals surface area contributed by atoms with Crippen LogP contribution >= 0.6 is 11.6 Å². The molecule has 1 aromatic carbocycles. The predicted octanol–water partition coefficient (Wildman–Crippen LogP) is 0.944. The fraction of sp³-hybridized carbons (Fsp3) is 0.462. The summed E-state index contributed by atoms with van der Waals surface area (Å²) in [6.07, 6.45) is 1.13. The van der Waals surface area contributed by atoms with Gasteiger partial charge in [0.1, 0.15) is 0 Å². The van der Waals surface area contributed by atoms with Gasteiger partial charge < -0.3 is 10.6 Å². The number of hydrogen-bond donors (Lipinski definition) is 3. The molecule has 0 heterocycles. The highest BCUT2D eigenvalue weighted by atomic mass is 35.5. The minimum atomic E-state index is -3.16. The van der Waals surface area contributed by atoms with E-state index in [9.17, 15) is 8.42 Å². The first-order chi connectivity index (χ1) is 9.92. The molecule has 0 aliphatic heterocycles.